The highest BCUT2D eigenvalue weighted by molar-refractivity contribution is 5.84. The third kappa shape index (κ3) is 6.54. The zero-order chi connectivity index (χ0) is 14.3. The van der Waals surface area contributed by atoms with Crippen LogP contribution in [0.25, 0.3) is 0 Å². The fourth-order valence-electron chi connectivity index (χ4n) is 2.23. The zero-order valence-corrected chi connectivity index (χ0v) is 12.0. The molecule has 1 rings (SSSR count). The van der Waals surface area contributed by atoms with Crippen LogP contribution in [0, 0.1) is 5.92 Å². The van der Waals surface area contributed by atoms with E-state index < -0.39 is 5.91 Å². The standard InChI is InChI=1S/C13H26N4O2/c1-11(2)8-17(9-12(14)18)13(19)10-16-6-3-4-15-5-7-16/h11,15H,3-10H2,1-2H3,(H2,14,18). The average molecular weight is 270 g/mol. The van der Waals surface area contributed by atoms with Crippen molar-refractivity contribution in [3.05, 3.63) is 0 Å². The molecule has 0 unspecified atom stereocenters. The summed E-state index contributed by atoms with van der Waals surface area (Å²) in [4.78, 5) is 27.0. The maximum atomic E-state index is 12.3. The van der Waals surface area contributed by atoms with E-state index >= 15 is 0 Å². The van der Waals surface area contributed by atoms with Crippen LogP contribution in [0.4, 0.5) is 0 Å². The van der Waals surface area contributed by atoms with Crippen molar-refractivity contribution in [2.24, 2.45) is 11.7 Å². The molecular weight excluding hydrogens is 244 g/mol. The molecule has 1 saturated heterocycles. The van der Waals surface area contributed by atoms with Crippen molar-refractivity contribution < 1.29 is 9.59 Å². The number of nitrogens with two attached hydrogens (primary N) is 1. The molecule has 3 N–H and O–H groups in total. The Morgan fingerprint density at radius 1 is 1.32 bits per heavy atom. The lowest BCUT2D eigenvalue weighted by molar-refractivity contribution is -0.136. The van der Waals surface area contributed by atoms with E-state index in [-0.39, 0.29) is 12.5 Å². The number of hydrogen-bond donors (Lipinski definition) is 2. The third-order valence-corrected chi connectivity index (χ3v) is 3.08. The Kier molecular flexibility index (Phi) is 6.80. The number of hydrogen-bond acceptors (Lipinski definition) is 4. The van der Waals surface area contributed by atoms with Gasteiger partial charge in [-0.05, 0) is 25.4 Å². The first kappa shape index (κ1) is 15.9. The van der Waals surface area contributed by atoms with E-state index in [9.17, 15) is 9.59 Å². The normalized spacial score (nSPS) is 17.2. The van der Waals surface area contributed by atoms with Crippen LogP contribution in [0.1, 0.15) is 20.3 Å². The molecule has 6 heteroatoms. The van der Waals surface area contributed by atoms with Crippen LogP contribution < -0.4 is 11.1 Å². The molecule has 0 spiro atoms. The molecular formula is C13H26N4O2. The predicted octanol–water partition coefficient (Wildman–Crippen LogP) is -0.748. The highest BCUT2D eigenvalue weighted by Gasteiger charge is 2.20. The van der Waals surface area contributed by atoms with Crippen LogP contribution in [0.5, 0.6) is 0 Å². The molecule has 0 aliphatic carbocycles. The van der Waals surface area contributed by atoms with Gasteiger partial charge in [0.2, 0.25) is 11.8 Å². The lowest BCUT2D eigenvalue weighted by Gasteiger charge is -2.27. The predicted molar refractivity (Wildman–Crippen MR) is 74.5 cm³/mol. The van der Waals surface area contributed by atoms with E-state index in [4.69, 9.17) is 5.73 Å². The molecule has 1 fully saturated rings. The van der Waals surface area contributed by atoms with Crippen LogP contribution in [-0.2, 0) is 9.59 Å². The molecule has 6 nitrogen and oxygen atoms in total. The Balaban J connectivity index is 2.51. The second-order valence-electron chi connectivity index (χ2n) is 5.51. The van der Waals surface area contributed by atoms with Crippen LogP contribution in [0.2, 0.25) is 0 Å². The van der Waals surface area contributed by atoms with Crippen molar-refractivity contribution in [1.82, 2.24) is 15.1 Å². The summed E-state index contributed by atoms with van der Waals surface area (Å²) in [6.07, 6.45) is 1.05. The highest BCUT2D eigenvalue weighted by atomic mass is 16.2. The molecule has 2 amide bonds. The number of rotatable bonds is 6. The van der Waals surface area contributed by atoms with Gasteiger partial charge < -0.3 is 16.0 Å². The highest BCUT2D eigenvalue weighted by Crippen LogP contribution is 2.02. The summed E-state index contributed by atoms with van der Waals surface area (Å²) in [5.41, 5.74) is 5.21. The van der Waals surface area contributed by atoms with Crippen LogP contribution >= 0.6 is 0 Å². The Hall–Kier alpha value is -1.14. The van der Waals surface area contributed by atoms with E-state index in [1.165, 1.54) is 0 Å². The summed E-state index contributed by atoms with van der Waals surface area (Å²) in [5, 5.41) is 3.30. The maximum Gasteiger partial charge on any atom is 0.237 e. The van der Waals surface area contributed by atoms with Crippen LogP contribution in [0.3, 0.4) is 0 Å². The van der Waals surface area contributed by atoms with E-state index in [1.54, 1.807) is 4.90 Å². The van der Waals surface area contributed by atoms with Gasteiger partial charge >= 0.3 is 0 Å². The lowest BCUT2D eigenvalue weighted by atomic mass is 10.2. The van der Waals surface area contributed by atoms with E-state index in [2.05, 4.69) is 10.2 Å². The van der Waals surface area contributed by atoms with Gasteiger partial charge in [-0.25, -0.2) is 0 Å². The lowest BCUT2D eigenvalue weighted by Crippen LogP contribution is -2.46. The summed E-state index contributed by atoms with van der Waals surface area (Å²) < 4.78 is 0. The Labute approximate surface area is 115 Å². The minimum Gasteiger partial charge on any atom is -0.368 e. The molecule has 1 heterocycles. The summed E-state index contributed by atoms with van der Waals surface area (Å²) in [6.45, 7) is 8.73. The number of nitrogens with one attached hydrogen (secondary N) is 1. The molecule has 1 aliphatic rings. The molecule has 110 valence electrons. The van der Waals surface area contributed by atoms with Crippen molar-refractivity contribution in [1.29, 1.82) is 0 Å². The second kappa shape index (κ2) is 8.12. The number of primary amides is 1. The maximum absolute atomic E-state index is 12.3. The van der Waals surface area contributed by atoms with Gasteiger partial charge in [0.05, 0.1) is 13.1 Å². The third-order valence-electron chi connectivity index (χ3n) is 3.08. The van der Waals surface area contributed by atoms with Gasteiger partial charge in [-0.15, -0.1) is 0 Å². The number of carbonyl (C=O) groups is 2. The van der Waals surface area contributed by atoms with Gasteiger partial charge in [0, 0.05) is 19.6 Å². The van der Waals surface area contributed by atoms with Gasteiger partial charge in [0.1, 0.15) is 0 Å². The smallest absolute Gasteiger partial charge is 0.237 e. The molecule has 0 saturated carbocycles. The summed E-state index contributed by atoms with van der Waals surface area (Å²) in [7, 11) is 0. The number of amides is 2. The second-order valence-corrected chi connectivity index (χ2v) is 5.51. The quantitative estimate of drug-likeness (QED) is 0.666. The van der Waals surface area contributed by atoms with Gasteiger partial charge in [0.15, 0.2) is 0 Å². The minimum atomic E-state index is -0.452. The van der Waals surface area contributed by atoms with Gasteiger partial charge in [-0.3, -0.25) is 14.5 Å². The average Bonchev–Trinajstić information content (AvgIpc) is 2.55. The summed E-state index contributed by atoms with van der Waals surface area (Å²) in [6, 6.07) is 0. The molecule has 1 aliphatic heterocycles. The summed E-state index contributed by atoms with van der Waals surface area (Å²) >= 11 is 0. The van der Waals surface area contributed by atoms with Gasteiger partial charge in [0.25, 0.3) is 0 Å². The molecule has 19 heavy (non-hydrogen) atoms. The zero-order valence-electron chi connectivity index (χ0n) is 12.0. The Bertz CT molecular complexity index is 299. The Morgan fingerprint density at radius 3 is 2.68 bits per heavy atom. The molecule has 0 aromatic rings. The monoisotopic (exact) mass is 270 g/mol. The number of nitrogens with zero attached hydrogens (tertiary/aromatic N) is 2. The first-order chi connectivity index (χ1) is 8.99. The molecule has 0 radical (unpaired) electrons. The van der Waals surface area contributed by atoms with Crippen LogP contribution in [-0.4, -0.2) is 67.4 Å². The molecule has 0 aromatic carbocycles. The first-order valence-electron chi connectivity index (χ1n) is 6.98. The SMILES string of the molecule is CC(C)CN(CC(N)=O)C(=O)CN1CCCNCC1. The van der Waals surface area contributed by atoms with Crippen molar-refractivity contribution in [3.63, 3.8) is 0 Å². The van der Waals surface area contributed by atoms with Crippen molar-refractivity contribution in [2.75, 3.05) is 45.8 Å². The fraction of sp³-hybridized carbons (Fsp3) is 0.846. The molecule has 0 atom stereocenters. The van der Waals surface area contributed by atoms with E-state index in [0.717, 1.165) is 32.6 Å². The van der Waals surface area contributed by atoms with Crippen molar-refractivity contribution >= 4 is 11.8 Å². The van der Waals surface area contributed by atoms with Crippen molar-refractivity contribution in [3.8, 4) is 0 Å². The molecule has 0 bridgehead atoms. The van der Waals surface area contributed by atoms with Crippen molar-refractivity contribution in [2.45, 2.75) is 20.3 Å². The minimum absolute atomic E-state index is 0.00519. The topological polar surface area (TPSA) is 78.7 Å². The van der Waals surface area contributed by atoms with Crippen LogP contribution in [0.15, 0.2) is 0 Å². The Morgan fingerprint density at radius 2 is 2.05 bits per heavy atom. The van der Waals surface area contributed by atoms with Gasteiger partial charge in [-0.2, -0.15) is 0 Å². The van der Waals surface area contributed by atoms with E-state index in [1.807, 2.05) is 13.8 Å². The molecule has 0 aromatic heterocycles. The largest absolute Gasteiger partial charge is 0.368 e. The fourth-order valence-corrected chi connectivity index (χ4v) is 2.23. The number of carbonyl (C=O) groups excluding carboxylic acids is 2. The van der Waals surface area contributed by atoms with E-state index in [0.29, 0.717) is 19.0 Å². The first-order valence-corrected chi connectivity index (χ1v) is 6.98. The summed E-state index contributed by atoms with van der Waals surface area (Å²) in [5.74, 6) is -0.130. The van der Waals surface area contributed by atoms with Gasteiger partial charge in [-0.1, -0.05) is 13.8 Å².